The van der Waals surface area contributed by atoms with Gasteiger partial charge in [-0.25, -0.2) is 0 Å². The van der Waals surface area contributed by atoms with E-state index in [2.05, 4.69) is 20.3 Å². The van der Waals surface area contributed by atoms with Crippen LogP contribution in [0.2, 0.25) is 0 Å². The Labute approximate surface area is 132 Å². The molecule has 0 bridgehead atoms. The molecule has 21 heavy (non-hydrogen) atoms. The van der Waals surface area contributed by atoms with Gasteiger partial charge in [0.2, 0.25) is 0 Å². The van der Waals surface area contributed by atoms with Crippen LogP contribution in [0.25, 0.3) is 0 Å². The molecule has 0 heterocycles. The van der Waals surface area contributed by atoms with E-state index in [1.807, 2.05) is 31.2 Å². The third-order valence-corrected chi connectivity index (χ3v) is 5.00. The molecule has 2 rings (SSSR count). The molecule has 2 aromatic rings. The minimum Gasteiger partial charge on any atom is -0.386 e. The minimum absolute atomic E-state index is 0.0578. The van der Waals surface area contributed by atoms with Crippen LogP contribution in [-0.4, -0.2) is 14.3 Å². The number of hydrogen-bond acceptors (Lipinski definition) is 2. The molecule has 0 aliphatic carbocycles. The van der Waals surface area contributed by atoms with E-state index >= 15 is 0 Å². The molecule has 0 saturated carbocycles. The lowest BCUT2D eigenvalue weighted by Crippen LogP contribution is -2.17. The van der Waals surface area contributed by atoms with Gasteiger partial charge in [-0.2, -0.15) is 8.42 Å². The number of sulfonamides is 1. The molecule has 0 aliphatic heterocycles. The second kappa shape index (κ2) is 6.41. The quantitative estimate of drug-likeness (QED) is 0.667. The molecule has 0 amide bonds. The molecule has 4 nitrogen and oxygen atoms in total. The van der Waals surface area contributed by atoms with Gasteiger partial charge < -0.3 is 5.73 Å². The molecule has 2 N–H and O–H groups in total. The highest BCUT2D eigenvalue weighted by Crippen LogP contribution is 2.17. The summed E-state index contributed by atoms with van der Waals surface area (Å²) in [6, 6.07) is 14.0. The normalized spacial score (nSPS) is 12.4. The van der Waals surface area contributed by atoms with E-state index in [-0.39, 0.29) is 17.2 Å². The Morgan fingerprint density at radius 1 is 1.14 bits per heavy atom. The average Bonchev–Trinajstić information content (AvgIpc) is 2.41. The van der Waals surface area contributed by atoms with Crippen LogP contribution < -0.4 is 5.73 Å². The summed E-state index contributed by atoms with van der Waals surface area (Å²) in [5.74, 6) is 0.0578. The molecule has 0 aromatic heterocycles. The van der Waals surface area contributed by atoms with Crippen LogP contribution in [0.5, 0.6) is 0 Å². The fourth-order valence-corrected chi connectivity index (χ4v) is 3.17. The summed E-state index contributed by atoms with van der Waals surface area (Å²) in [5.41, 5.74) is 7.65. The van der Waals surface area contributed by atoms with Crippen LogP contribution in [0.1, 0.15) is 11.1 Å². The smallest absolute Gasteiger partial charge is 0.283 e. The highest BCUT2D eigenvalue weighted by Gasteiger charge is 2.13. The van der Waals surface area contributed by atoms with Crippen LogP contribution >= 0.6 is 15.9 Å². The maximum atomic E-state index is 12.1. The lowest BCUT2D eigenvalue weighted by atomic mass is 10.1. The van der Waals surface area contributed by atoms with E-state index < -0.39 is 10.0 Å². The number of halogens is 1. The number of benzene rings is 2. The summed E-state index contributed by atoms with van der Waals surface area (Å²) in [5, 5.41) is 0. The van der Waals surface area contributed by atoms with Gasteiger partial charge >= 0.3 is 0 Å². The Bertz CT molecular complexity index is 769. The second-order valence-electron chi connectivity index (χ2n) is 4.64. The maximum absolute atomic E-state index is 12.1. The summed E-state index contributed by atoms with van der Waals surface area (Å²) < 4.78 is 28.9. The summed E-state index contributed by atoms with van der Waals surface area (Å²) in [4.78, 5) is 0.142. The molecular formula is C15H15BrN2O2S. The van der Waals surface area contributed by atoms with Crippen LogP contribution in [0, 0.1) is 6.92 Å². The Kier molecular flexibility index (Phi) is 4.80. The fourth-order valence-electron chi connectivity index (χ4n) is 1.79. The standard InChI is InChI=1S/C15H15BrN2O2S/c1-11-6-8-13(9-7-11)21(19,20)18-15(17)10-12-4-2-3-5-14(12)16/h2-9H,10H2,1H3,(H2,17,18). The molecule has 0 fully saturated rings. The van der Waals surface area contributed by atoms with Gasteiger partial charge in [-0.05, 0) is 30.7 Å². The van der Waals surface area contributed by atoms with Crippen molar-refractivity contribution in [3.8, 4) is 0 Å². The first-order chi connectivity index (χ1) is 9.88. The van der Waals surface area contributed by atoms with Gasteiger partial charge in [0.1, 0.15) is 5.84 Å². The van der Waals surface area contributed by atoms with Gasteiger partial charge in [0.05, 0.1) is 4.90 Å². The molecule has 0 saturated heterocycles. The zero-order valence-electron chi connectivity index (χ0n) is 11.5. The van der Waals surface area contributed by atoms with E-state index in [1.54, 1.807) is 12.1 Å². The van der Waals surface area contributed by atoms with Gasteiger partial charge in [-0.1, -0.05) is 51.8 Å². The first-order valence-electron chi connectivity index (χ1n) is 6.28. The highest BCUT2D eigenvalue weighted by atomic mass is 79.9. The monoisotopic (exact) mass is 366 g/mol. The van der Waals surface area contributed by atoms with Crippen molar-refractivity contribution < 1.29 is 8.42 Å². The Morgan fingerprint density at radius 2 is 1.76 bits per heavy atom. The highest BCUT2D eigenvalue weighted by molar-refractivity contribution is 9.10. The first kappa shape index (κ1) is 15.7. The minimum atomic E-state index is -3.76. The van der Waals surface area contributed by atoms with E-state index in [0.29, 0.717) is 0 Å². The maximum Gasteiger partial charge on any atom is 0.283 e. The summed E-state index contributed by atoms with van der Waals surface area (Å²) in [6.45, 7) is 1.89. The van der Waals surface area contributed by atoms with Crippen molar-refractivity contribution in [2.24, 2.45) is 10.1 Å². The summed E-state index contributed by atoms with van der Waals surface area (Å²) in [7, 11) is -3.76. The van der Waals surface area contributed by atoms with Gasteiger partial charge in [0, 0.05) is 10.9 Å². The van der Waals surface area contributed by atoms with Crippen LogP contribution in [-0.2, 0) is 16.4 Å². The van der Waals surface area contributed by atoms with Crippen molar-refractivity contribution in [1.29, 1.82) is 0 Å². The fraction of sp³-hybridized carbons (Fsp3) is 0.133. The predicted molar refractivity (Wildman–Crippen MR) is 87.8 cm³/mol. The largest absolute Gasteiger partial charge is 0.386 e. The van der Waals surface area contributed by atoms with E-state index in [9.17, 15) is 8.42 Å². The van der Waals surface area contributed by atoms with Crippen LogP contribution in [0.15, 0.2) is 62.3 Å². The molecule has 0 radical (unpaired) electrons. The predicted octanol–water partition coefficient (Wildman–Crippen LogP) is 3.05. The second-order valence-corrected chi connectivity index (χ2v) is 7.10. The summed E-state index contributed by atoms with van der Waals surface area (Å²) in [6.07, 6.45) is 0.270. The zero-order chi connectivity index (χ0) is 15.5. The first-order valence-corrected chi connectivity index (χ1v) is 8.51. The third-order valence-electron chi connectivity index (χ3n) is 2.89. The summed E-state index contributed by atoms with van der Waals surface area (Å²) >= 11 is 3.40. The van der Waals surface area contributed by atoms with Crippen molar-refractivity contribution in [2.45, 2.75) is 18.2 Å². The van der Waals surface area contributed by atoms with Crippen molar-refractivity contribution in [2.75, 3.05) is 0 Å². The lowest BCUT2D eigenvalue weighted by Gasteiger charge is -2.05. The van der Waals surface area contributed by atoms with E-state index in [4.69, 9.17) is 5.73 Å². The molecular weight excluding hydrogens is 352 g/mol. The van der Waals surface area contributed by atoms with E-state index in [0.717, 1.165) is 15.6 Å². The molecule has 0 aliphatic rings. The molecule has 110 valence electrons. The number of aryl methyl sites for hydroxylation is 1. The number of nitrogens with zero attached hydrogens (tertiary/aromatic N) is 1. The Balaban J connectivity index is 2.25. The van der Waals surface area contributed by atoms with Gasteiger partial charge in [0.15, 0.2) is 0 Å². The van der Waals surface area contributed by atoms with Crippen LogP contribution in [0.3, 0.4) is 0 Å². The molecule has 2 aromatic carbocycles. The lowest BCUT2D eigenvalue weighted by molar-refractivity contribution is 0.598. The van der Waals surface area contributed by atoms with Crippen molar-refractivity contribution in [3.63, 3.8) is 0 Å². The van der Waals surface area contributed by atoms with E-state index in [1.165, 1.54) is 12.1 Å². The van der Waals surface area contributed by atoms with Crippen LogP contribution in [0.4, 0.5) is 0 Å². The molecule has 0 atom stereocenters. The average molecular weight is 367 g/mol. The number of rotatable bonds is 4. The zero-order valence-corrected chi connectivity index (χ0v) is 13.9. The van der Waals surface area contributed by atoms with Gasteiger partial charge in [0.25, 0.3) is 10.0 Å². The van der Waals surface area contributed by atoms with Crippen molar-refractivity contribution in [1.82, 2.24) is 0 Å². The van der Waals surface area contributed by atoms with Crippen molar-refractivity contribution >= 4 is 31.8 Å². The van der Waals surface area contributed by atoms with Gasteiger partial charge in [-0.15, -0.1) is 4.40 Å². The number of amidine groups is 1. The number of hydrogen-bond donors (Lipinski definition) is 1. The topological polar surface area (TPSA) is 72.5 Å². The third kappa shape index (κ3) is 4.15. The molecule has 0 unspecified atom stereocenters. The molecule has 0 spiro atoms. The Morgan fingerprint density at radius 3 is 2.38 bits per heavy atom. The van der Waals surface area contributed by atoms with Crippen molar-refractivity contribution in [3.05, 3.63) is 64.1 Å². The molecule has 6 heteroatoms. The van der Waals surface area contributed by atoms with Gasteiger partial charge in [-0.3, -0.25) is 0 Å². The Hall–Kier alpha value is -1.66. The number of nitrogens with two attached hydrogens (primary N) is 1. The SMILES string of the molecule is Cc1ccc(S(=O)(=O)/N=C(\N)Cc2ccccc2Br)cc1.